The van der Waals surface area contributed by atoms with Crippen LogP contribution in [0.1, 0.15) is 37.9 Å². The molecular formula is C17H18N2O3S2. The summed E-state index contributed by atoms with van der Waals surface area (Å²) in [4.78, 5) is 25.2. The molecule has 1 aliphatic carbocycles. The van der Waals surface area contributed by atoms with E-state index in [4.69, 9.17) is 16.6 Å². The predicted octanol–water partition coefficient (Wildman–Crippen LogP) is 3.65. The van der Waals surface area contributed by atoms with Crippen LogP contribution in [0, 0.1) is 5.92 Å². The number of carbonyl (C=O) groups excluding carboxylic acids is 2. The summed E-state index contributed by atoms with van der Waals surface area (Å²) in [6, 6.07) is 3.61. The lowest BCUT2D eigenvalue weighted by molar-refractivity contribution is -0.136. The molecule has 2 amide bonds. The minimum absolute atomic E-state index is 0.0220. The summed E-state index contributed by atoms with van der Waals surface area (Å²) in [6.45, 7) is 0. The minimum atomic E-state index is -0.293. The topological polar surface area (TPSA) is 62.6 Å². The number of rotatable bonds is 4. The van der Waals surface area contributed by atoms with Gasteiger partial charge in [0.25, 0.3) is 5.91 Å². The average Bonchev–Trinajstić information content (AvgIpc) is 3.20. The van der Waals surface area contributed by atoms with Crippen LogP contribution in [0.2, 0.25) is 0 Å². The van der Waals surface area contributed by atoms with Crippen molar-refractivity contribution in [3.8, 4) is 0 Å². The monoisotopic (exact) mass is 362 g/mol. The number of thioether (sulfide) groups is 1. The van der Waals surface area contributed by atoms with Gasteiger partial charge in [0.05, 0.1) is 11.2 Å². The Hall–Kier alpha value is -1.86. The Morgan fingerprint density at radius 2 is 2.17 bits per heavy atom. The zero-order chi connectivity index (χ0) is 16.9. The molecule has 1 N–H and O–H groups in total. The highest BCUT2D eigenvalue weighted by molar-refractivity contribution is 8.26. The Bertz CT molecular complexity index is 689. The third kappa shape index (κ3) is 3.96. The minimum Gasteiger partial charge on any atom is -0.465 e. The first kappa shape index (κ1) is 17.0. The fraction of sp³-hybridized carbons (Fsp3) is 0.353. The lowest BCUT2D eigenvalue weighted by Crippen LogP contribution is -2.47. The van der Waals surface area contributed by atoms with Gasteiger partial charge in [-0.3, -0.25) is 15.0 Å². The number of furan rings is 1. The van der Waals surface area contributed by atoms with Gasteiger partial charge in [0.1, 0.15) is 5.76 Å². The van der Waals surface area contributed by atoms with E-state index in [1.54, 1.807) is 30.6 Å². The van der Waals surface area contributed by atoms with Gasteiger partial charge in [-0.15, -0.1) is 0 Å². The van der Waals surface area contributed by atoms with Crippen molar-refractivity contribution in [2.75, 3.05) is 0 Å². The van der Waals surface area contributed by atoms with Crippen LogP contribution in [-0.2, 0) is 9.59 Å². The molecular weight excluding hydrogens is 344 g/mol. The molecule has 0 spiro atoms. The molecule has 2 fully saturated rings. The summed E-state index contributed by atoms with van der Waals surface area (Å²) >= 11 is 6.39. The Kier molecular flexibility index (Phi) is 5.52. The van der Waals surface area contributed by atoms with Crippen molar-refractivity contribution < 1.29 is 14.0 Å². The Morgan fingerprint density at radius 3 is 2.88 bits per heavy atom. The van der Waals surface area contributed by atoms with Gasteiger partial charge in [-0.1, -0.05) is 37.1 Å². The highest BCUT2D eigenvalue weighted by Gasteiger charge is 2.34. The van der Waals surface area contributed by atoms with E-state index in [1.807, 2.05) is 6.07 Å². The highest BCUT2D eigenvalue weighted by atomic mass is 32.2. The summed E-state index contributed by atoms with van der Waals surface area (Å²) < 4.78 is 5.53. The quantitative estimate of drug-likeness (QED) is 0.654. The second-order valence-electron chi connectivity index (χ2n) is 5.72. The van der Waals surface area contributed by atoms with Gasteiger partial charge in [-0.2, -0.15) is 5.01 Å². The number of amides is 2. The summed E-state index contributed by atoms with van der Waals surface area (Å²) in [7, 11) is 0. The maximum atomic E-state index is 12.4. The molecule has 2 heterocycles. The van der Waals surface area contributed by atoms with Crippen molar-refractivity contribution >= 4 is 46.2 Å². The molecule has 0 unspecified atom stereocenters. The van der Waals surface area contributed by atoms with Gasteiger partial charge in [0.2, 0.25) is 5.91 Å². The van der Waals surface area contributed by atoms with Gasteiger partial charge in [-0.25, -0.2) is 0 Å². The molecule has 0 bridgehead atoms. The standard InChI is InChI=1S/C17H18N2O3S2/c20-15(12-6-2-1-3-7-12)18-19-16(21)14(24-17(19)23)10-4-8-13-9-5-11-22-13/h4-5,8-12H,1-3,6-7H2,(H,18,20). The summed E-state index contributed by atoms with van der Waals surface area (Å²) in [5.74, 6) is 0.273. The van der Waals surface area contributed by atoms with E-state index < -0.39 is 0 Å². The van der Waals surface area contributed by atoms with E-state index in [0.717, 1.165) is 25.7 Å². The molecule has 3 rings (SSSR count). The van der Waals surface area contributed by atoms with E-state index in [9.17, 15) is 9.59 Å². The van der Waals surface area contributed by atoms with Gasteiger partial charge in [-0.05, 0) is 49.3 Å². The van der Waals surface area contributed by atoms with Crippen molar-refractivity contribution in [1.29, 1.82) is 0 Å². The molecule has 1 aromatic rings. The molecule has 0 atom stereocenters. The first-order valence-corrected chi connectivity index (χ1v) is 9.16. The summed E-state index contributed by atoms with van der Waals surface area (Å²) in [6.07, 6.45) is 11.8. The number of carbonyl (C=O) groups is 2. The number of nitrogens with one attached hydrogen (secondary N) is 1. The maximum absolute atomic E-state index is 12.4. The van der Waals surface area contributed by atoms with Crippen LogP contribution >= 0.6 is 24.0 Å². The van der Waals surface area contributed by atoms with Gasteiger partial charge >= 0.3 is 0 Å². The Morgan fingerprint density at radius 1 is 1.38 bits per heavy atom. The molecule has 0 radical (unpaired) electrons. The average molecular weight is 362 g/mol. The van der Waals surface area contributed by atoms with Crippen LogP contribution in [0.15, 0.2) is 39.9 Å². The van der Waals surface area contributed by atoms with Crippen LogP contribution in [0.4, 0.5) is 0 Å². The zero-order valence-corrected chi connectivity index (χ0v) is 14.7. The van der Waals surface area contributed by atoms with Crippen molar-refractivity contribution in [3.63, 3.8) is 0 Å². The largest absolute Gasteiger partial charge is 0.465 e. The number of hydrazine groups is 1. The molecule has 1 aromatic heterocycles. The van der Waals surface area contributed by atoms with E-state index >= 15 is 0 Å². The van der Waals surface area contributed by atoms with Gasteiger partial charge in [0.15, 0.2) is 4.32 Å². The molecule has 1 saturated carbocycles. The smallest absolute Gasteiger partial charge is 0.285 e. The summed E-state index contributed by atoms with van der Waals surface area (Å²) in [5.41, 5.74) is 2.68. The van der Waals surface area contributed by atoms with Crippen molar-refractivity contribution in [1.82, 2.24) is 10.4 Å². The van der Waals surface area contributed by atoms with Crippen LogP contribution in [0.5, 0.6) is 0 Å². The molecule has 126 valence electrons. The third-order valence-corrected chi connectivity index (χ3v) is 5.36. The number of thiocarbonyl (C=S) groups is 1. The highest BCUT2D eigenvalue weighted by Crippen LogP contribution is 2.30. The predicted molar refractivity (Wildman–Crippen MR) is 97.6 cm³/mol. The van der Waals surface area contributed by atoms with Crippen molar-refractivity contribution in [2.24, 2.45) is 5.92 Å². The van der Waals surface area contributed by atoms with Gasteiger partial charge in [0, 0.05) is 5.92 Å². The Labute approximate surface area is 150 Å². The fourth-order valence-electron chi connectivity index (χ4n) is 2.76. The SMILES string of the molecule is O=C(NN1C(=O)C(=CC=Cc2ccco2)SC1=S)C1CCCCC1. The first-order chi connectivity index (χ1) is 11.6. The number of hydrogen-bond donors (Lipinski definition) is 1. The van der Waals surface area contributed by atoms with Gasteiger partial charge < -0.3 is 4.42 Å². The third-order valence-electron chi connectivity index (χ3n) is 4.04. The zero-order valence-electron chi connectivity index (χ0n) is 13.1. The summed E-state index contributed by atoms with van der Waals surface area (Å²) in [5, 5.41) is 1.18. The molecule has 0 aromatic carbocycles. The van der Waals surface area contributed by atoms with Crippen molar-refractivity contribution in [3.05, 3.63) is 41.2 Å². The second-order valence-corrected chi connectivity index (χ2v) is 7.40. The van der Waals surface area contributed by atoms with Crippen LogP contribution in [0.25, 0.3) is 6.08 Å². The fourth-order valence-corrected chi connectivity index (χ4v) is 3.89. The molecule has 24 heavy (non-hydrogen) atoms. The van der Waals surface area contributed by atoms with E-state index in [1.165, 1.54) is 23.2 Å². The lowest BCUT2D eigenvalue weighted by Gasteiger charge is -2.23. The number of allylic oxidation sites excluding steroid dienone is 2. The van der Waals surface area contributed by atoms with Crippen LogP contribution in [-0.4, -0.2) is 21.1 Å². The second kappa shape index (κ2) is 7.81. The Balaban J connectivity index is 1.62. The molecule has 5 nitrogen and oxygen atoms in total. The van der Waals surface area contributed by atoms with E-state index in [0.29, 0.717) is 15.0 Å². The maximum Gasteiger partial charge on any atom is 0.285 e. The lowest BCUT2D eigenvalue weighted by atomic mass is 9.89. The van der Waals surface area contributed by atoms with E-state index in [-0.39, 0.29) is 17.7 Å². The number of nitrogens with zero attached hydrogens (tertiary/aromatic N) is 1. The molecule has 1 saturated heterocycles. The first-order valence-electron chi connectivity index (χ1n) is 7.94. The number of hydrogen-bond acceptors (Lipinski definition) is 5. The normalized spacial score (nSPS) is 21.2. The van der Waals surface area contributed by atoms with Crippen molar-refractivity contribution in [2.45, 2.75) is 32.1 Å². The molecule has 2 aliphatic rings. The molecule has 1 aliphatic heterocycles. The van der Waals surface area contributed by atoms with E-state index in [2.05, 4.69) is 5.43 Å². The van der Waals surface area contributed by atoms with Crippen LogP contribution in [0.3, 0.4) is 0 Å². The molecule has 7 heteroatoms. The van der Waals surface area contributed by atoms with Crippen LogP contribution < -0.4 is 5.43 Å².